The van der Waals surface area contributed by atoms with Crippen molar-refractivity contribution < 1.29 is 13.2 Å². The van der Waals surface area contributed by atoms with Crippen LogP contribution in [0.5, 0.6) is 0 Å². The Morgan fingerprint density at radius 1 is 1.40 bits per heavy atom. The second-order valence-corrected chi connectivity index (χ2v) is 6.69. The molecule has 0 bridgehead atoms. The number of sulfonamides is 1. The lowest BCUT2D eigenvalue weighted by molar-refractivity contribution is -0.121. The average molecular weight is 299 g/mol. The lowest BCUT2D eigenvalue weighted by Gasteiger charge is -2.13. The normalized spacial score (nSPS) is 12.9. The number of rotatable bonds is 7. The maximum atomic E-state index is 11.6. The molecule has 0 aromatic carbocycles. The average Bonchev–Trinajstić information content (AvgIpc) is 2.26. The number of carbonyl (C=O) groups is 1. The van der Waals surface area contributed by atoms with Crippen molar-refractivity contribution in [1.29, 1.82) is 0 Å². The molecule has 6 nitrogen and oxygen atoms in total. The van der Waals surface area contributed by atoms with Crippen LogP contribution in [0.1, 0.15) is 24.7 Å². The summed E-state index contributed by atoms with van der Waals surface area (Å²) in [6.45, 7) is 3.93. The van der Waals surface area contributed by atoms with E-state index < -0.39 is 10.0 Å². The number of nitrogens with zero attached hydrogens (tertiary/aromatic N) is 1. The third-order valence-electron chi connectivity index (χ3n) is 2.59. The minimum absolute atomic E-state index is 0.0463. The molecule has 0 fully saturated rings. The molecule has 0 spiro atoms. The number of nitrogens with one attached hydrogen (secondary N) is 2. The van der Waals surface area contributed by atoms with Crippen LogP contribution in [0.4, 0.5) is 0 Å². The molecule has 0 saturated heterocycles. The summed E-state index contributed by atoms with van der Waals surface area (Å²) in [4.78, 5) is 16.0. The number of hydrogen-bond donors (Lipinski definition) is 2. The van der Waals surface area contributed by atoms with E-state index in [4.69, 9.17) is 0 Å². The van der Waals surface area contributed by atoms with Gasteiger partial charge in [-0.1, -0.05) is 6.07 Å². The van der Waals surface area contributed by atoms with Crippen LogP contribution in [-0.4, -0.2) is 38.2 Å². The molecule has 0 saturated carbocycles. The standard InChI is InChI=1S/C13H21N3O3S/c1-10-5-4-6-12(15-10)9-11(2)16-13(17)7-8-14-20(3,18)19/h4-6,11,14H,7-9H2,1-3H3,(H,16,17). The SMILES string of the molecule is Cc1cccc(CC(C)NC(=O)CCNS(C)(=O)=O)n1. The Kier molecular flexibility index (Phi) is 6.09. The van der Waals surface area contributed by atoms with Crippen LogP contribution >= 0.6 is 0 Å². The zero-order chi connectivity index (χ0) is 15.2. The summed E-state index contributed by atoms with van der Waals surface area (Å²) in [5, 5.41) is 2.82. The molecule has 0 aliphatic carbocycles. The van der Waals surface area contributed by atoms with Crippen molar-refractivity contribution in [3.05, 3.63) is 29.6 Å². The molecule has 1 aromatic heterocycles. The molecule has 1 unspecified atom stereocenters. The van der Waals surface area contributed by atoms with Gasteiger partial charge in [-0.25, -0.2) is 13.1 Å². The highest BCUT2D eigenvalue weighted by Gasteiger charge is 2.10. The highest BCUT2D eigenvalue weighted by atomic mass is 32.2. The molecule has 1 aromatic rings. The largest absolute Gasteiger partial charge is 0.353 e. The van der Waals surface area contributed by atoms with Gasteiger partial charge >= 0.3 is 0 Å². The van der Waals surface area contributed by atoms with Crippen molar-refractivity contribution in [2.24, 2.45) is 0 Å². The molecule has 112 valence electrons. The van der Waals surface area contributed by atoms with E-state index in [1.165, 1.54) is 0 Å². The molecule has 20 heavy (non-hydrogen) atoms. The predicted octanol–water partition coefficient (Wildman–Crippen LogP) is 0.377. The van der Waals surface area contributed by atoms with Crippen molar-refractivity contribution in [2.45, 2.75) is 32.7 Å². The van der Waals surface area contributed by atoms with Gasteiger partial charge in [0, 0.05) is 36.8 Å². The summed E-state index contributed by atoms with van der Waals surface area (Å²) in [6, 6.07) is 5.72. The predicted molar refractivity (Wildman–Crippen MR) is 77.7 cm³/mol. The maximum absolute atomic E-state index is 11.6. The van der Waals surface area contributed by atoms with Gasteiger partial charge in [-0.15, -0.1) is 0 Å². The van der Waals surface area contributed by atoms with Crippen molar-refractivity contribution in [3.8, 4) is 0 Å². The summed E-state index contributed by atoms with van der Waals surface area (Å²) < 4.78 is 24.0. The van der Waals surface area contributed by atoms with Crippen LogP contribution in [0.25, 0.3) is 0 Å². The quantitative estimate of drug-likeness (QED) is 0.761. The molecule has 1 rings (SSSR count). The first-order chi connectivity index (χ1) is 9.26. The Morgan fingerprint density at radius 3 is 2.70 bits per heavy atom. The zero-order valence-corrected chi connectivity index (χ0v) is 12.8. The van der Waals surface area contributed by atoms with E-state index in [2.05, 4.69) is 15.0 Å². The van der Waals surface area contributed by atoms with Crippen molar-refractivity contribution in [1.82, 2.24) is 15.0 Å². The van der Waals surface area contributed by atoms with Gasteiger partial charge in [0.05, 0.1) is 6.26 Å². The lowest BCUT2D eigenvalue weighted by atomic mass is 10.1. The highest BCUT2D eigenvalue weighted by molar-refractivity contribution is 7.88. The maximum Gasteiger partial charge on any atom is 0.221 e. The molecule has 2 N–H and O–H groups in total. The van der Waals surface area contributed by atoms with Gasteiger partial charge in [-0.05, 0) is 26.0 Å². The number of aryl methyl sites for hydroxylation is 1. The van der Waals surface area contributed by atoms with Crippen LogP contribution in [0.3, 0.4) is 0 Å². The second kappa shape index (κ2) is 7.35. The minimum Gasteiger partial charge on any atom is -0.353 e. The minimum atomic E-state index is -3.24. The fraction of sp³-hybridized carbons (Fsp3) is 0.538. The van der Waals surface area contributed by atoms with Gasteiger partial charge in [0.15, 0.2) is 0 Å². The fourth-order valence-corrected chi connectivity index (χ4v) is 2.25. The Balaban J connectivity index is 2.35. The van der Waals surface area contributed by atoms with E-state index in [1.807, 2.05) is 32.0 Å². The molecule has 0 radical (unpaired) electrons. The van der Waals surface area contributed by atoms with Gasteiger partial charge < -0.3 is 5.32 Å². The Labute approximate surface area is 120 Å². The molecule has 7 heteroatoms. The molecule has 0 aliphatic heterocycles. The Hall–Kier alpha value is -1.47. The van der Waals surface area contributed by atoms with Crippen molar-refractivity contribution >= 4 is 15.9 Å². The third-order valence-corrected chi connectivity index (χ3v) is 3.31. The molecular formula is C13H21N3O3S. The third kappa shape index (κ3) is 7.20. The molecule has 0 aliphatic rings. The van der Waals surface area contributed by atoms with E-state index in [-0.39, 0.29) is 24.9 Å². The van der Waals surface area contributed by atoms with E-state index in [0.29, 0.717) is 6.42 Å². The lowest BCUT2D eigenvalue weighted by Crippen LogP contribution is -2.36. The first-order valence-corrected chi connectivity index (χ1v) is 8.32. The molecule has 1 heterocycles. The van der Waals surface area contributed by atoms with E-state index in [0.717, 1.165) is 17.6 Å². The van der Waals surface area contributed by atoms with Crippen molar-refractivity contribution in [3.63, 3.8) is 0 Å². The Bertz CT molecular complexity index is 558. The van der Waals surface area contributed by atoms with Crippen molar-refractivity contribution in [2.75, 3.05) is 12.8 Å². The van der Waals surface area contributed by atoms with E-state index >= 15 is 0 Å². The summed E-state index contributed by atoms with van der Waals surface area (Å²) in [5.41, 5.74) is 1.87. The van der Waals surface area contributed by atoms with E-state index in [9.17, 15) is 13.2 Å². The van der Waals surface area contributed by atoms with Gasteiger partial charge in [0.25, 0.3) is 0 Å². The van der Waals surface area contributed by atoms with Gasteiger partial charge in [-0.3, -0.25) is 9.78 Å². The number of carbonyl (C=O) groups excluding carboxylic acids is 1. The van der Waals surface area contributed by atoms with Crippen LogP contribution in [0.15, 0.2) is 18.2 Å². The first kappa shape index (κ1) is 16.6. The monoisotopic (exact) mass is 299 g/mol. The fourth-order valence-electron chi connectivity index (χ4n) is 1.77. The van der Waals surface area contributed by atoms with Crippen LogP contribution in [-0.2, 0) is 21.2 Å². The molecular weight excluding hydrogens is 278 g/mol. The second-order valence-electron chi connectivity index (χ2n) is 4.86. The summed E-state index contributed by atoms with van der Waals surface area (Å²) in [5.74, 6) is -0.179. The summed E-state index contributed by atoms with van der Waals surface area (Å²) in [6.07, 6.45) is 1.84. The molecule has 1 amide bonds. The van der Waals surface area contributed by atoms with Gasteiger partial charge in [0.1, 0.15) is 0 Å². The van der Waals surface area contributed by atoms with Crippen LogP contribution in [0, 0.1) is 6.92 Å². The number of hydrogen-bond acceptors (Lipinski definition) is 4. The first-order valence-electron chi connectivity index (χ1n) is 6.43. The molecule has 1 atom stereocenters. The zero-order valence-electron chi connectivity index (χ0n) is 12.0. The van der Waals surface area contributed by atoms with Crippen LogP contribution in [0.2, 0.25) is 0 Å². The summed E-state index contributed by atoms with van der Waals surface area (Å²) >= 11 is 0. The number of amides is 1. The smallest absolute Gasteiger partial charge is 0.221 e. The Morgan fingerprint density at radius 2 is 2.10 bits per heavy atom. The highest BCUT2D eigenvalue weighted by Crippen LogP contribution is 2.02. The van der Waals surface area contributed by atoms with Gasteiger partial charge in [-0.2, -0.15) is 0 Å². The van der Waals surface area contributed by atoms with Gasteiger partial charge in [0.2, 0.25) is 15.9 Å². The summed E-state index contributed by atoms with van der Waals surface area (Å²) in [7, 11) is -3.24. The number of aromatic nitrogens is 1. The van der Waals surface area contributed by atoms with E-state index in [1.54, 1.807) is 0 Å². The van der Waals surface area contributed by atoms with Crippen LogP contribution < -0.4 is 10.0 Å². The number of pyridine rings is 1. The topological polar surface area (TPSA) is 88.2 Å².